The number of fused-ring (bicyclic) bond motifs is 1. The largest absolute Gasteiger partial charge is 0.300 e. The minimum Gasteiger partial charge on any atom is -0.300 e. The molecule has 0 saturated carbocycles. The average Bonchev–Trinajstić information content (AvgIpc) is 2.39. The van der Waals surface area contributed by atoms with Gasteiger partial charge in [0.2, 0.25) is 0 Å². The van der Waals surface area contributed by atoms with E-state index < -0.39 is 5.54 Å². The molecule has 0 aliphatic rings. The highest BCUT2D eigenvalue weighted by Gasteiger charge is 2.14. The van der Waals surface area contributed by atoms with Crippen LogP contribution in [0.3, 0.4) is 0 Å². The van der Waals surface area contributed by atoms with Gasteiger partial charge >= 0.3 is 0 Å². The molecule has 1 N–H and O–H groups in total. The number of hydrogen-bond donors (Lipinski definition) is 1. The van der Waals surface area contributed by atoms with Crippen LogP contribution in [0.4, 0.5) is 0 Å². The smallest absolute Gasteiger partial charge is 0.101 e. The Balaban J connectivity index is 2.11. The molecule has 0 bridgehead atoms. The Kier molecular flexibility index (Phi) is 3.64. The third kappa shape index (κ3) is 2.88. The summed E-state index contributed by atoms with van der Waals surface area (Å²) >= 11 is 0. The van der Waals surface area contributed by atoms with E-state index in [1.54, 1.807) is 0 Å². The van der Waals surface area contributed by atoms with Gasteiger partial charge in [0.25, 0.3) is 0 Å². The fourth-order valence-electron chi connectivity index (χ4n) is 2.06. The monoisotopic (exact) mass is 238 g/mol. The van der Waals surface area contributed by atoms with Crippen molar-refractivity contribution in [3.63, 3.8) is 0 Å². The van der Waals surface area contributed by atoms with Crippen LogP contribution in [0.5, 0.6) is 0 Å². The summed E-state index contributed by atoms with van der Waals surface area (Å²) < 4.78 is 0. The normalized spacial score (nSPS) is 11.4. The summed E-state index contributed by atoms with van der Waals surface area (Å²) in [6, 6.07) is 17.0. The number of rotatable bonds is 4. The maximum Gasteiger partial charge on any atom is 0.101 e. The first-order valence-corrected chi connectivity index (χ1v) is 6.25. The van der Waals surface area contributed by atoms with Crippen molar-refractivity contribution < 1.29 is 0 Å². The molecule has 2 aromatic carbocycles. The lowest BCUT2D eigenvalue weighted by molar-refractivity contribution is 0.490. The van der Waals surface area contributed by atoms with Crippen LogP contribution in [-0.4, -0.2) is 12.1 Å². The zero-order valence-electron chi connectivity index (χ0n) is 10.9. The highest BCUT2D eigenvalue weighted by Crippen LogP contribution is 2.18. The van der Waals surface area contributed by atoms with Crippen molar-refractivity contribution in [3.8, 4) is 6.07 Å². The first kappa shape index (κ1) is 12.6. The summed E-state index contributed by atoms with van der Waals surface area (Å²) in [5.41, 5.74) is 0.874. The lowest BCUT2D eigenvalue weighted by Crippen LogP contribution is -2.38. The molecule has 0 radical (unpaired) electrons. The Hall–Kier alpha value is -1.85. The Labute approximate surface area is 108 Å². The molecule has 0 unspecified atom stereocenters. The molecule has 0 heterocycles. The van der Waals surface area contributed by atoms with E-state index in [0.717, 1.165) is 13.0 Å². The first-order chi connectivity index (χ1) is 8.62. The molecular formula is C16H18N2. The van der Waals surface area contributed by atoms with E-state index >= 15 is 0 Å². The van der Waals surface area contributed by atoms with Crippen molar-refractivity contribution in [1.29, 1.82) is 5.26 Å². The van der Waals surface area contributed by atoms with Crippen LogP contribution in [-0.2, 0) is 6.42 Å². The summed E-state index contributed by atoms with van der Waals surface area (Å²) in [4.78, 5) is 0. The highest BCUT2D eigenvalue weighted by molar-refractivity contribution is 5.85. The lowest BCUT2D eigenvalue weighted by Gasteiger charge is -2.17. The Bertz CT molecular complexity index is 574. The average molecular weight is 238 g/mol. The second-order valence-electron chi connectivity index (χ2n) is 5.05. The van der Waals surface area contributed by atoms with E-state index in [1.807, 2.05) is 13.8 Å². The van der Waals surface area contributed by atoms with Crippen LogP contribution in [0.2, 0.25) is 0 Å². The summed E-state index contributed by atoms with van der Waals surface area (Å²) in [6.45, 7) is 4.61. The zero-order chi connectivity index (χ0) is 13.0. The standard InChI is InChI=1S/C16H18N2/c1-16(2,12-17)18-11-10-14-8-5-7-13-6-3-4-9-15(13)14/h3-9,18H,10-11H2,1-2H3. The molecule has 2 aromatic rings. The third-order valence-electron chi connectivity index (χ3n) is 3.12. The van der Waals surface area contributed by atoms with Gasteiger partial charge in [0, 0.05) is 6.54 Å². The van der Waals surface area contributed by atoms with Crippen LogP contribution in [0.25, 0.3) is 10.8 Å². The Morgan fingerprint density at radius 1 is 1.11 bits per heavy atom. The van der Waals surface area contributed by atoms with Gasteiger partial charge in [0.15, 0.2) is 0 Å². The summed E-state index contributed by atoms with van der Waals surface area (Å²) in [7, 11) is 0. The summed E-state index contributed by atoms with van der Waals surface area (Å²) in [6.07, 6.45) is 0.937. The van der Waals surface area contributed by atoms with Crippen molar-refractivity contribution in [3.05, 3.63) is 48.0 Å². The first-order valence-electron chi connectivity index (χ1n) is 6.25. The fraction of sp³-hybridized carbons (Fsp3) is 0.312. The van der Waals surface area contributed by atoms with Gasteiger partial charge in [-0.1, -0.05) is 42.5 Å². The van der Waals surface area contributed by atoms with Crippen molar-refractivity contribution in [2.24, 2.45) is 0 Å². The minimum absolute atomic E-state index is 0.454. The molecule has 18 heavy (non-hydrogen) atoms. The minimum atomic E-state index is -0.454. The molecule has 0 atom stereocenters. The number of benzene rings is 2. The molecule has 2 nitrogen and oxygen atoms in total. The molecule has 2 heteroatoms. The van der Waals surface area contributed by atoms with Gasteiger partial charge in [-0.3, -0.25) is 5.32 Å². The predicted molar refractivity (Wildman–Crippen MR) is 75.3 cm³/mol. The molecule has 2 rings (SSSR count). The molecule has 0 amide bonds. The van der Waals surface area contributed by atoms with E-state index in [-0.39, 0.29) is 0 Å². The lowest BCUT2D eigenvalue weighted by atomic mass is 10.0. The van der Waals surface area contributed by atoms with Crippen LogP contribution in [0, 0.1) is 11.3 Å². The van der Waals surface area contributed by atoms with E-state index in [1.165, 1.54) is 16.3 Å². The Morgan fingerprint density at radius 3 is 2.61 bits per heavy atom. The summed E-state index contributed by atoms with van der Waals surface area (Å²) in [5.74, 6) is 0. The van der Waals surface area contributed by atoms with E-state index in [0.29, 0.717) is 0 Å². The van der Waals surface area contributed by atoms with Gasteiger partial charge in [-0.2, -0.15) is 5.26 Å². The van der Waals surface area contributed by atoms with Gasteiger partial charge in [-0.05, 0) is 36.6 Å². The Morgan fingerprint density at radius 2 is 1.83 bits per heavy atom. The highest BCUT2D eigenvalue weighted by atomic mass is 14.9. The number of nitrogens with one attached hydrogen (secondary N) is 1. The maximum atomic E-state index is 8.95. The molecule has 0 aromatic heterocycles. The molecule has 92 valence electrons. The van der Waals surface area contributed by atoms with E-state index in [4.69, 9.17) is 5.26 Å². The van der Waals surface area contributed by atoms with E-state index in [9.17, 15) is 0 Å². The SMILES string of the molecule is CC(C)(C#N)NCCc1cccc2ccccc12. The van der Waals surface area contributed by atoms with Crippen molar-refractivity contribution >= 4 is 10.8 Å². The zero-order valence-corrected chi connectivity index (χ0v) is 10.9. The van der Waals surface area contributed by atoms with Crippen molar-refractivity contribution in [1.82, 2.24) is 5.32 Å². The predicted octanol–water partition coefficient (Wildman–Crippen LogP) is 3.27. The molecular weight excluding hydrogens is 220 g/mol. The van der Waals surface area contributed by atoms with Gasteiger partial charge in [0.05, 0.1) is 6.07 Å². The maximum absolute atomic E-state index is 8.95. The van der Waals surface area contributed by atoms with Crippen LogP contribution < -0.4 is 5.32 Å². The van der Waals surface area contributed by atoms with Gasteiger partial charge < -0.3 is 0 Å². The number of nitrogens with zero attached hydrogens (tertiary/aromatic N) is 1. The molecule has 0 aliphatic carbocycles. The van der Waals surface area contributed by atoms with E-state index in [2.05, 4.69) is 53.9 Å². The third-order valence-corrected chi connectivity index (χ3v) is 3.12. The molecule has 0 aliphatic heterocycles. The number of hydrogen-bond acceptors (Lipinski definition) is 2. The fourth-order valence-corrected chi connectivity index (χ4v) is 2.06. The quantitative estimate of drug-likeness (QED) is 0.887. The van der Waals surface area contributed by atoms with Gasteiger partial charge in [-0.25, -0.2) is 0 Å². The molecule has 0 saturated heterocycles. The van der Waals surface area contributed by atoms with Crippen LogP contribution in [0.15, 0.2) is 42.5 Å². The van der Waals surface area contributed by atoms with Crippen LogP contribution >= 0.6 is 0 Å². The molecule has 0 fully saturated rings. The second-order valence-corrected chi connectivity index (χ2v) is 5.05. The molecule has 0 spiro atoms. The van der Waals surface area contributed by atoms with Gasteiger partial charge in [-0.15, -0.1) is 0 Å². The topological polar surface area (TPSA) is 35.8 Å². The van der Waals surface area contributed by atoms with Crippen LogP contribution in [0.1, 0.15) is 19.4 Å². The van der Waals surface area contributed by atoms with Crippen molar-refractivity contribution in [2.75, 3.05) is 6.54 Å². The summed E-state index contributed by atoms with van der Waals surface area (Å²) in [5, 5.41) is 14.8. The van der Waals surface area contributed by atoms with Crippen molar-refractivity contribution in [2.45, 2.75) is 25.8 Å². The second kappa shape index (κ2) is 5.20. The van der Waals surface area contributed by atoms with Gasteiger partial charge in [0.1, 0.15) is 5.54 Å². The number of nitriles is 1.